The lowest BCUT2D eigenvalue weighted by Gasteiger charge is -2.14. The van der Waals surface area contributed by atoms with Gasteiger partial charge in [-0.25, -0.2) is 14.6 Å². The lowest BCUT2D eigenvalue weighted by molar-refractivity contribution is -0.140. The van der Waals surface area contributed by atoms with E-state index in [-0.39, 0.29) is 24.3 Å². The maximum atomic E-state index is 12.7. The number of hydrogen-bond donors (Lipinski definition) is 5. The number of aliphatic carboxylic acids is 2. The zero-order valence-corrected chi connectivity index (χ0v) is 15.0. The molecular weight excluding hydrogens is 374 g/mol. The lowest BCUT2D eigenvalue weighted by Crippen LogP contribution is -2.45. The van der Waals surface area contributed by atoms with Crippen molar-refractivity contribution in [2.75, 3.05) is 6.54 Å². The van der Waals surface area contributed by atoms with E-state index in [4.69, 9.17) is 10.2 Å². The Hall–Kier alpha value is -3.24. The summed E-state index contributed by atoms with van der Waals surface area (Å²) in [6, 6.07) is 0.391. The van der Waals surface area contributed by atoms with Crippen LogP contribution < -0.4 is 16.0 Å². The molecular formula is C17H22FN4O6. The average Bonchev–Trinajstić information content (AvgIpc) is 2.64. The van der Waals surface area contributed by atoms with Crippen LogP contribution in [-0.4, -0.2) is 51.7 Å². The molecule has 0 aromatic carbocycles. The molecule has 3 amide bonds. The molecule has 1 unspecified atom stereocenters. The summed E-state index contributed by atoms with van der Waals surface area (Å²) in [7, 11) is 0. The molecule has 1 heterocycles. The van der Waals surface area contributed by atoms with Crippen LogP contribution in [0, 0.1) is 12.5 Å². The molecule has 1 atom stereocenters. The number of aromatic nitrogens is 1. The monoisotopic (exact) mass is 396 g/mol. The van der Waals surface area contributed by atoms with Crippen molar-refractivity contribution >= 4 is 23.9 Å². The van der Waals surface area contributed by atoms with Crippen molar-refractivity contribution in [3.05, 3.63) is 36.4 Å². The van der Waals surface area contributed by atoms with Gasteiger partial charge in [0.05, 0.1) is 12.1 Å². The summed E-state index contributed by atoms with van der Waals surface area (Å²) in [5.74, 6) is -3.50. The maximum Gasteiger partial charge on any atom is 0.326 e. The molecule has 0 aliphatic rings. The molecule has 0 spiro atoms. The maximum absolute atomic E-state index is 12.7. The number of unbranched alkanes of at least 4 members (excludes halogenated alkanes) is 2. The van der Waals surface area contributed by atoms with Gasteiger partial charge >= 0.3 is 18.0 Å². The van der Waals surface area contributed by atoms with Crippen molar-refractivity contribution in [1.82, 2.24) is 20.9 Å². The smallest absolute Gasteiger partial charge is 0.326 e. The first kappa shape index (κ1) is 22.8. The zero-order chi connectivity index (χ0) is 20.9. The van der Waals surface area contributed by atoms with E-state index in [0.29, 0.717) is 25.8 Å². The number of hydrogen-bond acceptors (Lipinski definition) is 5. The third-order valence-corrected chi connectivity index (χ3v) is 3.53. The van der Waals surface area contributed by atoms with E-state index in [2.05, 4.69) is 20.9 Å². The van der Waals surface area contributed by atoms with Crippen LogP contribution in [0.15, 0.2) is 18.3 Å². The molecule has 28 heavy (non-hydrogen) atoms. The van der Waals surface area contributed by atoms with Gasteiger partial charge in [-0.05, 0) is 37.8 Å². The van der Waals surface area contributed by atoms with Crippen LogP contribution in [0.2, 0.25) is 0 Å². The Morgan fingerprint density at radius 1 is 1.18 bits per heavy atom. The van der Waals surface area contributed by atoms with E-state index in [0.717, 1.165) is 12.3 Å². The summed E-state index contributed by atoms with van der Waals surface area (Å²) in [5.41, 5.74) is 0.252. The minimum atomic E-state index is -1.32. The molecule has 0 saturated heterocycles. The predicted octanol–water partition coefficient (Wildman–Crippen LogP) is 0.900. The first-order valence-electron chi connectivity index (χ1n) is 8.52. The van der Waals surface area contributed by atoms with Gasteiger partial charge in [-0.15, -0.1) is 0 Å². The largest absolute Gasteiger partial charge is 0.481 e. The van der Waals surface area contributed by atoms with Gasteiger partial charge in [-0.1, -0.05) is 0 Å². The number of amides is 3. The number of carboxylic acid groups (broad SMARTS) is 2. The zero-order valence-electron chi connectivity index (χ0n) is 15.0. The normalized spacial score (nSPS) is 11.3. The van der Waals surface area contributed by atoms with E-state index in [1.807, 2.05) is 0 Å². The fourth-order valence-corrected chi connectivity index (χ4v) is 2.08. The predicted molar refractivity (Wildman–Crippen MR) is 94.6 cm³/mol. The van der Waals surface area contributed by atoms with Crippen molar-refractivity contribution in [3.63, 3.8) is 0 Å². The van der Waals surface area contributed by atoms with Crippen LogP contribution >= 0.6 is 0 Å². The Bertz CT molecular complexity index is 683. The highest BCUT2D eigenvalue weighted by Crippen LogP contribution is 2.01. The lowest BCUT2D eigenvalue weighted by atomic mass is 10.1. The Kier molecular flexibility index (Phi) is 9.94. The van der Waals surface area contributed by atoms with Crippen molar-refractivity contribution in [3.8, 4) is 0 Å². The second-order valence-electron chi connectivity index (χ2n) is 5.77. The van der Waals surface area contributed by atoms with E-state index < -0.39 is 30.0 Å². The summed E-state index contributed by atoms with van der Waals surface area (Å²) in [6.07, 6.45) is 2.29. The second-order valence-corrected chi connectivity index (χ2v) is 5.77. The third kappa shape index (κ3) is 9.46. The highest BCUT2D eigenvalue weighted by molar-refractivity contribution is 5.93. The van der Waals surface area contributed by atoms with E-state index >= 15 is 0 Å². The summed E-state index contributed by atoms with van der Waals surface area (Å²) >= 11 is 0. The highest BCUT2D eigenvalue weighted by Gasteiger charge is 2.20. The molecule has 0 bridgehead atoms. The van der Waals surface area contributed by atoms with Gasteiger partial charge in [0.1, 0.15) is 6.04 Å². The minimum Gasteiger partial charge on any atom is -0.481 e. The summed E-state index contributed by atoms with van der Waals surface area (Å²) < 4.78 is 12.7. The van der Waals surface area contributed by atoms with Crippen molar-refractivity contribution < 1.29 is 33.8 Å². The van der Waals surface area contributed by atoms with E-state index in [1.54, 1.807) is 0 Å². The first-order valence-corrected chi connectivity index (χ1v) is 8.52. The molecule has 10 nitrogen and oxygen atoms in total. The molecule has 1 aromatic rings. The average molecular weight is 396 g/mol. The van der Waals surface area contributed by atoms with Crippen molar-refractivity contribution in [2.45, 2.75) is 38.1 Å². The number of halogens is 1. The molecule has 11 heteroatoms. The Labute approximate surface area is 160 Å². The number of carboxylic acids is 2. The standard InChI is InChI=1S/C17H22FN4O6/c18-13-6-4-11(10-21-13)15(25)19-8-2-1-3-9-20-17(28)22-12(16(26)27)5-7-14(23)24/h4,6,9-10,12H,1-3,5,7-8H2,(H,19,25)(H,23,24)(H,26,27)(H2,20,22,28)/i18-1. The Morgan fingerprint density at radius 2 is 1.93 bits per heavy atom. The number of nitrogens with one attached hydrogen (secondary N) is 3. The van der Waals surface area contributed by atoms with E-state index in [9.17, 15) is 23.6 Å². The van der Waals surface area contributed by atoms with Crippen LogP contribution in [0.5, 0.6) is 0 Å². The number of rotatable bonds is 12. The van der Waals surface area contributed by atoms with Crippen molar-refractivity contribution in [1.29, 1.82) is 0 Å². The molecule has 5 N–H and O–H groups in total. The Balaban J connectivity index is 2.13. The van der Waals surface area contributed by atoms with E-state index in [1.165, 1.54) is 12.6 Å². The summed E-state index contributed by atoms with van der Waals surface area (Å²) in [6.45, 7) is 1.82. The number of carbonyl (C=O) groups excluding carboxylic acids is 2. The van der Waals surface area contributed by atoms with Crippen LogP contribution in [0.4, 0.5) is 9.18 Å². The molecule has 1 rings (SSSR count). The van der Waals surface area contributed by atoms with Crippen LogP contribution in [0.25, 0.3) is 0 Å². The van der Waals surface area contributed by atoms with Gasteiger partial charge in [0.2, 0.25) is 5.95 Å². The highest BCUT2D eigenvalue weighted by atomic mass is 18.2. The molecule has 0 aliphatic heterocycles. The topological polar surface area (TPSA) is 158 Å². The van der Waals surface area contributed by atoms with Crippen LogP contribution in [-0.2, 0) is 9.59 Å². The number of pyridine rings is 1. The van der Waals surface area contributed by atoms with Gasteiger partial charge < -0.3 is 26.2 Å². The SMILES string of the molecule is O=C(O)CCC(NC(=O)N[CH]CCCCNC(=O)c1ccc([18F])nc1)C(=O)O. The molecule has 0 fully saturated rings. The van der Waals surface area contributed by atoms with Crippen molar-refractivity contribution in [2.24, 2.45) is 0 Å². The van der Waals surface area contributed by atoms with Gasteiger partial charge in [-0.2, -0.15) is 4.39 Å². The molecule has 1 aromatic heterocycles. The van der Waals surface area contributed by atoms with Gasteiger partial charge in [0, 0.05) is 19.2 Å². The molecule has 0 saturated carbocycles. The quantitative estimate of drug-likeness (QED) is 0.259. The number of nitrogens with zero attached hydrogens (tertiary/aromatic N) is 1. The number of carbonyl (C=O) groups is 4. The number of urea groups is 1. The van der Waals surface area contributed by atoms with Gasteiger partial charge in [0.25, 0.3) is 5.91 Å². The summed E-state index contributed by atoms with van der Waals surface area (Å²) in [4.78, 5) is 48.2. The summed E-state index contributed by atoms with van der Waals surface area (Å²) in [5, 5.41) is 24.7. The van der Waals surface area contributed by atoms with Crippen LogP contribution in [0.1, 0.15) is 42.5 Å². The van der Waals surface area contributed by atoms with Crippen LogP contribution in [0.3, 0.4) is 0 Å². The molecule has 1 radical (unpaired) electrons. The Morgan fingerprint density at radius 3 is 2.54 bits per heavy atom. The van der Waals surface area contributed by atoms with Gasteiger partial charge in [-0.3, -0.25) is 9.59 Å². The van der Waals surface area contributed by atoms with Gasteiger partial charge in [0.15, 0.2) is 0 Å². The fourth-order valence-electron chi connectivity index (χ4n) is 2.08. The second kappa shape index (κ2) is 12.2. The third-order valence-electron chi connectivity index (χ3n) is 3.53. The fraction of sp³-hybridized carbons (Fsp3) is 0.412. The molecule has 0 aliphatic carbocycles. The molecule has 153 valence electrons. The first-order chi connectivity index (χ1) is 13.3. The minimum absolute atomic E-state index is 0.221.